The van der Waals surface area contributed by atoms with Gasteiger partial charge in [0.05, 0.1) is 10.0 Å². The number of primary amides is 1. The normalized spacial score (nSPS) is 12.0. The number of hydrogen-bond acceptors (Lipinski definition) is 2. The van der Waals surface area contributed by atoms with E-state index in [0.29, 0.717) is 21.3 Å². The van der Waals surface area contributed by atoms with Crippen LogP contribution in [-0.4, -0.2) is 5.91 Å². The second-order valence-electron chi connectivity index (χ2n) is 4.67. The summed E-state index contributed by atoms with van der Waals surface area (Å²) in [5.41, 5.74) is 7.16. The lowest BCUT2D eigenvalue weighted by atomic mass is 10.1. The first kappa shape index (κ1) is 15.6. The average molecular weight is 327 g/mol. The van der Waals surface area contributed by atoms with Gasteiger partial charge in [0.2, 0.25) is 5.91 Å². The van der Waals surface area contributed by atoms with E-state index in [9.17, 15) is 9.18 Å². The summed E-state index contributed by atoms with van der Waals surface area (Å²) in [5.74, 6) is -0.995. The second-order valence-corrected chi connectivity index (χ2v) is 5.48. The number of anilines is 1. The first-order valence-electron chi connectivity index (χ1n) is 6.15. The zero-order valence-corrected chi connectivity index (χ0v) is 12.7. The molecule has 0 aliphatic heterocycles. The zero-order valence-electron chi connectivity index (χ0n) is 11.2. The van der Waals surface area contributed by atoms with Crippen molar-refractivity contribution < 1.29 is 9.18 Å². The standard InChI is InChI=1S/C15H13Cl2FN2O/c1-8-4-10(18)7-11(5-8)20-14(15(19)21)9-2-3-12(16)13(17)6-9/h2-7,14,20H,1H3,(H2,19,21). The van der Waals surface area contributed by atoms with Crippen LogP contribution < -0.4 is 11.1 Å². The Morgan fingerprint density at radius 2 is 1.90 bits per heavy atom. The van der Waals surface area contributed by atoms with Crippen LogP contribution in [0.15, 0.2) is 36.4 Å². The van der Waals surface area contributed by atoms with Crippen molar-refractivity contribution in [3.8, 4) is 0 Å². The summed E-state index contributed by atoms with van der Waals surface area (Å²) >= 11 is 11.8. The van der Waals surface area contributed by atoms with Gasteiger partial charge in [0, 0.05) is 5.69 Å². The molecule has 0 aliphatic rings. The van der Waals surface area contributed by atoms with Crippen LogP contribution in [0.1, 0.15) is 17.2 Å². The highest BCUT2D eigenvalue weighted by molar-refractivity contribution is 6.42. The number of nitrogens with two attached hydrogens (primary N) is 1. The molecule has 110 valence electrons. The van der Waals surface area contributed by atoms with E-state index < -0.39 is 17.8 Å². The summed E-state index contributed by atoms with van der Waals surface area (Å²) in [6, 6.07) is 8.34. The van der Waals surface area contributed by atoms with Crippen LogP contribution in [0.25, 0.3) is 0 Å². The number of nitrogens with one attached hydrogen (secondary N) is 1. The van der Waals surface area contributed by atoms with E-state index in [1.165, 1.54) is 12.1 Å². The summed E-state index contributed by atoms with van der Waals surface area (Å²) in [6.45, 7) is 1.76. The summed E-state index contributed by atoms with van der Waals surface area (Å²) in [7, 11) is 0. The summed E-state index contributed by atoms with van der Waals surface area (Å²) in [4.78, 5) is 11.7. The van der Waals surface area contributed by atoms with E-state index >= 15 is 0 Å². The van der Waals surface area contributed by atoms with Gasteiger partial charge in [-0.05, 0) is 48.4 Å². The van der Waals surface area contributed by atoms with Crippen LogP contribution >= 0.6 is 23.2 Å². The lowest BCUT2D eigenvalue weighted by Gasteiger charge is -2.18. The summed E-state index contributed by atoms with van der Waals surface area (Å²) in [6.07, 6.45) is 0. The molecule has 0 bridgehead atoms. The number of aryl methyl sites for hydroxylation is 1. The number of carbonyl (C=O) groups excluding carboxylic acids is 1. The molecule has 6 heteroatoms. The Morgan fingerprint density at radius 1 is 1.19 bits per heavy atom. The molecule has 0 fully saturated rings. The monoisotopic (exact) mass is 326 g/mol. The van der Waals surface area contributed by atoms with E-state index in [2.05, 4.69) is 5.32 Å². The number of amides is 1. The molecule has 2 aromatic rings. The number of rotatable bonds is 4. The SMILES string of the molecule is Cc1cc(F)cc(NC(C(N)=O)c2ccc(Cl)c(Cl)c2)c1. The Bertz CT molecular complexity index is 671. The third-order valence-electron chi connectivity index (χ3n) is 2.91. The third-order valence-corrected chi connectivity index (χ3v) is 3.65. The Labute approximate surface area is 131 Å². The highest BCUT2D eigenvalue weighted by atomic mass is 35.5. The quantitative estimate of drug-likeness (QED) is 0.889. The van der Waals surface area contributed by atoms with Gasteiger partial charge >= 0.3 is 0 Å². The van der Waals surface area contributed by atoms with Gasteiger partial charge in [-0.25, -0.2) is 4.39 Å². The molecule has 1 amide bonds. The molecule has 3 nitrogen and oxygen atoms in total. The maximum absolute atomic E-state index is 13.4. The van der Waals surface area contributed by atoms with Crippen LogP contribution in [-0.2, 0) is 4.79 Å². The van der Waals surface area contributed by atoms with E-state index in [0.717, 1.165) is 5.56 Å². The van der Waals surface area contributed by atoms with Gasteiger partial charge < -0.3 is 11.1 Å². The van der Waals surface area contributed by atoms with E-state index in [1.54, 1.807) is 31.2 Å². The van der Waals surface area contributed by atoms with Crippen molar-refractivity contribution in [3.63, 3.8) is 0 Å². The fourth-order valence-corrected chi connectivity index (χ4v) is 2.30. The minimum absolute atomic E-state index is 0.317. The molecule has 2 rings (SSSR count). The molecule has 0 aromatic heterocycles. The molecule has 2 aromatic carbocycles. The van der Waals surface area contributed by atoms with Crippen LogP contribution in [0.3, 0.4) is 0 Å². The largest absolute Gasteiger partial charge is 0.370 e. The maximum Gasteiger partial charge on any atom is 0.244 e. The molecule has 0 saturated carbocycles. The molecular weight excluding hydrogens is 314 g/mol. The van der Waals surface area contributed by atoms with Crippen LogP contribution in [0, 0.1) is 12.7 Å². The van der Waals surface area contributed by atoms with Crippen molar-refractivity contribution >= 4 is 34.8 Å². The predicted molar refractivity (Wildman–Crippen MR) is 83.2 cm³/mol. The molecule has 0 heterocycles. The molecule has 1 atom stereocenters. The van der Waals surface area contributed by atoms with E-state index in [1.807, 2.05) is 0 Å². The van der Waals surface area contributed by atoms with Gasteiger partial charge in [0.15, 0.2) is 0 Å². The zero-order chi connectivity index (χ0) is 15.6. The minimum Gasteiger partial charge on any atom is -0.370 e. The predicted octanol–water partition coefficient (Wildman–Crippen LogP) is 4.08. The van der Waals surface area contributed by atoms with Crippen molar-refractivity contribution in [2.45, 2.75) is 13.0 Å². The van der Waals surface area contributed by atoms with Crippen molar-refractivity contribution in [2.75, 3.05) is 5.32 Å². The molecule has 0 spiro atoms. The first-order valence-corrected chi connectivity index (χ1v) is 6.90. The lowest BCUT2D eigenvalue weighted by molar-refractivity contribution is -0.118. The average Bonchev–Trinajstić information content (AvgIpc) is 2.38. The van der Waals surface area contributed by atoms with Crippen molar-refractivity contribution in [1.29, 1.82) is 0 Å². The van der Waals surface area contributed by atoms with Gasteiger partial charge in [-0.2, -0.15) is 0 Å². The Morgan fingerprint density at radius 3 is 2.48 bits per heavy atom. The van der Waals surface area contributed by atoms with Gasteiger partial charge in [0.25, 0.3) is 0 Å². The van der Waals surface area contributed by atoms with Crippen LogP contribution in [0.5, 0.6) is 0 Å². The van der Waals surface area contributed by atoms with Crippen LogP contribution in [0.4, 0.5) is 10.1 Å². The molecule has 0 saturated heterocycles. The van der Waals surface area contributed by atoms with Crippen molar-refractivity contribution in [2.24, 2.45) is 5.73 Å². The number of benzene rings is 2. The van der Waals surface area contributed by atoms with Crippen LogP contribution in [0.2, 0.25) is 10.0 Å². The van der Waals surface area contributed by atoms with Crippen molar-refractivity contribution in [1.82, 2.24) is 0 Å². The molecular formula is C15H13Cl2FN2O. The number of hydrogen-bond donors (Lipinski definition) is 2. The van der Waals surface area contributed by atoms with Crippen molar-refractivity contribution in [3.05, 3.63) is 63.4 Å². The Kier molecular flexibility index (Phi) is 4.70. The number of halogens is 3. The fourth-order valence-electron chi connectivity index (χ4n) is 2.00. The third kappa shape index (κ3) is 3.86. The molecule has 1 unspecified atom stereocenters. The topological polar surface area (TPSA) is 55.1 Å². The molecule has 0 radical (unpaired) electrons. The Balaban J connectivity index is 2.35. The Hall–Kier alpha value is -1.78. The number of carbonyl (C=O) groups is 1. The van der Waals surface area contributed by atoms with E-state index in [-0.39, 0.29) is 0 Å². The highest BCUT2D eigenvalue weighted by Crippen LogP contribution is 2.28. The van der Waals surface area contributed by atoms with Gasteiger partial charge in [-0.1, -0.05) is 29.3 Å². The molecule has 3 N–H and O–H groups in total. The van der Waals surface area contributed by atoms with Gasteiger partial charge in [-0.15, -0.1) is 0 Å². The van der Waals surface area contributed by atoms with Gasteiger partial charge in [0.1, 0.15) is 11.9 Å². The summed E-state index contributed by atoms with van der Waals surface area (Å²) in [5, 5.41) is 3.60. The molecule has 21 heavy (non-hydrogen) atoms. The maximum atomic E-state index is 13.4. The summed E-state index contributed by atoms with van der Waals surface area (Å²) < 4.78 is 13.4. The highest BCUT2D eigenvalue weighted by Gasteiger charge is 2.19. The fraction of sp³-hybridized carbons (Fsp3) is 0.133. The molecule has 0 aliphatic carbocycles. The smallest absolute Gasteiger partial charge is 0.244 e. The first-order chi connectivity index (χ1) is 9.86. The second kappa shape index (κ2) is 6.33. The van der Waals surface area contributed by atoms with Gasteiger partial charge in [-0.3, -0.25) is 4.79 Å². The van der Waals surface area contributed by atoms with E-state index in [4.69, 9.17) is 28.9 Å². The minimum atomic E-state index is -0.832. The lowest BCUT2D eigenvalue weighted by Crippen LogP contribution is -2.27.